The molecule has 134 valence electrons. The van der Waals surface area contributed by atoms with Crippen molar-refractivity contribution in [2.75, 3.05) is 13.9 Å². The fraction of sp³-hybridized carbons (Fsp3) is 0.167. The molecule has 1 aliphatic rings. The smallest absolute Gasteiger partial charge is 0.307 e. The molecular weight excluding hydrogens is 342 g/mol. The van der Waals surface area contributed by atoms with Gasteiger partial charge in [0.15, 0.2) is 17.2 Å². The van der Waals surface area contributed by atoms with E-state index in [0.29, 0.717) is 44.4 Å². The number of benzene rings is 3. The molecule has 4 rings (SSSR count). The topological polar surface area (TPSA) is 113 Å². The Bertz CT molecular complexity index is 1050. The maximum atomic E-state index is 11.9. The van der Waals surface area contributed by atoms with Crippen LogP contribution in [0.2, 0.25) is 0 Å². The predicted octanol–water partition coefficient (Wildman–Crippen LogP) is 1.76. The first-order valence-electron chi connectivity index (χ1n) is 7.81. The molecule has 3 aromatic carbocycles. The average molecular weight is 357 g/mol. The minimum Gasteiger partial charge on any atom is -0.595 e. The minimum absolute atomic E-state index is 0.00782. The quantitative estimate of drug-likeness (QED) is 0.482. The largest absolute Gasteiger partial charge is 0.595 e. The number of hydrogen-bond donors (Lipinski definition) is 3. The molecule has 3 aromatic rings. The van der Waals surface area contributed by atoms with Gasteiger partial charge >= 0.3 is 5.97 Å². The summed E-state index contributed by atoms with van der Waals surface area (Å²) >= 11 is 0. The summed E-state index contributed by atoms with van der Waals surface area (Å²) in [6, 6.07) is 8.38. The molecule has 0 fully saturated rings. The van der Waals surface area contributed by atoms with Crippen molar-refractivity contribution in [3.8, 4) is 17.2 Å². The van der Waals surface area contributed by atoms with Crippen LogP contribution in [0, 0.1) is 5.21 Å². The molecule has 0 bridgehead atoms. The number of aliphatic carboxylic acids is 1. The number of nitrogens with one attached hydrogen (secondary N) is 1. The number of hydrogen-bond acceptors (Lipinski definition) is 6. The summed E-state index contributed by atoms with van der Waals surface area (Å²) in [6.07, 6.45) is -0.330. The van der Waals surface area contributed by atoms with Gasteiger partial charge in [-0.2, -0.15) is 5.23 Å². The fourth-order valence-corrected chi connectivity index (χ4v) is 3.44. The molecule has 1 unspecified atom stereocenters. The van der Waals surface area contributed by atoms with Crippen LogP contribution < -0.4 is 19.4 Å². The molecule has 0 aliphatic carbocycles. The predicted molar refractivity (Wildman–Crippen MR) is 91.2 cm³/mol. The molecule has 0 radical (unpaired) electrons. The first-order valence-corrected chi connectivity index (χ1v) is 7.81. The van der Waals surface area contributed by atoms with Crippen molar-refractivity contribution in [2.24, 2.45) is 0 Å². The van der Waals surface area contributed by atoms with E-state index in [1.165, 1.54) is 19.2 Å². The second-order valence-electron chi connectivity index (χ2n) is 5.87. The lowest BCUT2D eigenvalue weighted by Gasteiger charge is -2.19. The number of quaternary nitrogens is 1. The van der Waals surface area contributed by atoms with Crippen LogP contribution in [0.4, 0.5) is 5.69 Å². The Balaban J connectivity index is 2.24. The molecule has 26 heavy (non-hydrogen) atoms. The summed E-state index contributed by atoms with van der Waals surface area (Å²) in [5.74, 6) is 0.270. The van der Waals surface area contributed by atoms with Gasteiger partial charge in [-0.15, -0.1) is 0 Å². The third kappa shape index (κ3) is 2.39. The maximum Gasteiger partial charge on any atom is 0.307 e. The normalized spacial score (nSPS) is 14.0. The summed E-state index contributed by atoms with van der Waals surface area (Å²) in [4.78, 5) is 11.3. The highest BCUT2D eigenvalue weighted by Crippen LogP contribution is 2.47. The van der Waals surface area contributed by atoms with E-state index in [1.54, 1.807) is 12.1 Å². The lowest BCUT2D eigenvalue weighted by molar-refractivity contribution is -0.990. The van der Waals surface area contributed by atoms with E-state index >= 15 is 0 Å². The van der Waals surface area contributed by atoms with E-state index in [0.717, 1.165) is 0 Å². The summed E-state index contributed by atoms with van der Waals surface area (Å²) in [7, 11) is 1.50. The minimum atomic E-state index is -1.16. The molecule has 1 atom stereocenters. The molecular formula is C18H15NO7. The number of carbonyl (C=O) groups is 1. The zero-order valence-corrected chi connectivity index (χ0v) is 13.7. The van der Waals surface area contributed by atoms with Crippen molar-refractivity contribution in [3.63, 3.8) is 0 Å². The van der Waals surface area contributed by atoms with Crippen LogP contribution in [-0.4, -0.2) is 30.2 Å². The Kier molecular flexibility index (Phi) is 3.80. The summed E-state index contributed by atoms with van der Waals surface area (Å²) in [5, 5.41) is 32.0. The van der Waals surface area contributed by atoms with Crippen molar-refractivity contribution >= 4 is 33.2 Å². The lowest BCUT2D eigenvalue weighted by atomic mass is 9.93. The third-order valence-electron chi connectivity index (χ3n) is 4.43. The molecule has 3 N–H and O–H groups in total. The number of carboxylic acids is 1. The number of rotatable bonds is 4. The number of ether oxygens (including phenoxy) is 3. The van der Waals surface area contributed by atoms with Gasteiger partial charge in [-0.25, -0.2) is 5.21 Å². The molecule has 1 aliphatic heterocycles. The molecule has 0 amide bonds. The number of methoxy groups -OCH3 is 1. The molecule has 1 heterocycles. The van der Waals surface area contributed by atoms with Gasteiger partial charge in [0.25, 0.3) is 0 Å². The summed E-state index contributed by atoms with van der Waals surface area (Å²) in [5.41, 5.74) is 0.352. The number of carboxylic acid groups (broad SMARTS) is 1. The lowest BCUT2D eigenvalue weighted by Crippen LogP contribution is -2.99. The van der Waals surface area contributed by atoms with Gasteiger partial charge in [0.1, 0.15) is 5.75 Å². The standard InChI is InChI=1S/C18H15NO7/c1-24-13-4-2-3-10-11(13)7-12(19(22)23)16-9(6-15(20)21)5-14-18(17(10)16)26-8-25-14/h2-5,7,19,22H,6,8H2,1H3,(H,20,21). The van der Waals surface area contributed by atoms with Crippen molar-refractivity contribution in [1.82, 2.24) is 0 Å². The molecule has 0 saturated heterocycles. The van der Waals surface area contributed by atoms with Gasteiger partial charge in [0.05, 0.1) is 18.9 Å². The molecule has 0 saturated carbocycles. The van der Waals surface area contributed by atoms with Gasteiger partial charge < -0.3 is 24.5 Å². The molecule has 0 spiro atoms. The number of fused-ring (bicyclic) bond motifs is 5. The Hall–Kier alpha value is -3.07. The molecule has 8 heteroatoms. The van der Waals surface area contributed by atoms with E-state index in [9.17, 15) is 20.3 Å². The third-order valence-corrected chi connectivity index (χ3v) is 4.43. The van der Waals surface area contributed by atoms with Crippen LogP contribution in [0.1, 0.15) is 5.56 Å². The maximum absolute atomic E-state index is 11.9. The average Bonchev–Trinajstić information content (AvgIpc) is 3.07. The van der Waals surface area contributed by atoms with Gasteiger partial charge in [0, 0.05) is 16.8 Å². The highest BCUT2D eigenvalue weighted by Gasteiger charge is 2.27. The Morgan fingerprint density at radius 1 is 1.27 bits per heavy atom. The summed E-state index contributed by atoms with van der Waals surface area (Å²) < 4.78 is 16.4. The second kappa shape index (κ2) is 6.03. The highest BCUT2D eigenvalue weighted by atomic mass is 16.8. The SMILES string of the molecule is COc1cccc2c1cc([NH+]([O-])O)c1c(CC(=O)O)cc3c(c12)OCO3. The van der Waals surface area contributed by atoms with E-state index in [4.69, 9.17) is 14.2 Å². The fourth-order valence-electron chi connectivity index (χ4n) is 3.44. The van der Waals surface area contributed by atoms with Crippen molar-refractivity contribution in [3.05, 3.63) is 41.1 Å². The van der Waals surface area contributed by atoms with Crippen LogP contribution in [0.3, 0.4) is 0 Å². The van der Waals surface area contributed by atoms with Gasteiger partial charge in [-0.3, -0.25) is 4.79 Å². The second-order valence-corrected chi connectivity index (χ2v) is 5.87. The van der Waals surface area contributed by atoms with Crippen LogP contribution >= 0.6 is 0 Å². The van der Waals surface area contributed by atoms with Crippen molar-refractivity contribution in [2.45, 2.75) is 6.42 Å². The molecule has 8 nitrogen and oxygen atoms in total. The first kappa shape index (κ1) is 16.4. The Labute approximate surface area is 147 Å². The van der Waals surface area contributed by atoms with Gasteiger partial charge in [-0.05, 0) is 23.1 Å². The van der Waals surface area contributed by atoms with Crippen molar-refractivity contribution in [1.29, 1.82) is 0 Å². The monoisotopic (exact) mass is 357 g/mol. The van der Waals surface area contributed by atoms with Crippen LogP contribution in [0.5, 0.6) is 17.2 Å². The van der Waals surface area contributed by atoms with Crippen LogP contribution in [0.15, 0.2) is 30.3 Å². The van der Waals surface area contributed by atoms with E-state index in [2.05, 4.69) is 0 Å². The summed E-state index contributed by atoms with van der Waals surface area (Å²) in [6.45, 7) is -0.0102. The van der Waals surface area contributed by atoms with Crippen LogP contribution in [0.25, 0.3) is 21.5 Å². The zero-order chi connectivity index (χ0) is 18.4. The van der Waals surface area contributed by atoms with Crippen LogP contribution in [-0.2, 0) is 11.2 Å². The highest BCUT2D eigenvalue weighted by molar-refractivity contribution is 6.18. The Morgan fingerprint density at radius 3 is 2.77 bits per heavy atom. The van der Waals surface area contributed by atoms with E-state index in [1.807, 2.05) is 6.07 Å². The first-order chi connectivity index (χ1) is 12.5. The van der Waals surface area contributed by atoms with Gasteiger partial charge in [0.2, 0.25) is 6.79 Å². The zero-order valence-electron chi connectivity index (χ0n) is 13.7. The molecule has 0 aromatic heterocycles. The van der Waals surface area contributed by atoms with E-state index < -0.39 is 11.2 Å². The van der Waals surface area contributed by atoms with Crippen molar-refractivity contribution < 1.29 is 34.5 Å². The Morgan fingerprint density at radius 2 is 2.08 bits per heavy atom. The van der Waals surface area contributed by atoms with E-state index in [-0.39, 0.29) is 18.9 Å². The van der Waals surface area contributed by atoms with Gasteiger partial charge in [-0.1, -0.05) is 12.1 Å².